The zero-order chi connectivity index (χ0) is 26.2. The number of esters is 1. The molecule has 0 aliphatic carbocycles. The molecule has 3 heterocycles. The Morgan fingerprint density at radius 1 is 1.08 bits per heavy atom. The Kier molecular flexibility index (Phi) is 6.36. The minimum Gasteiger partial charge on any atom is -0.493 e. The van der Waals surface area contributed by atoms with Gasteiger partial charge in [0, 0.05) is 35.0 Å². The first kappa shape index (κ1) is 24.4. The molecule has 0 saturated carbocycles. The van der Waals surface area contributed by atoms with Gasteiger partial charge in [0.05, 0.1) is 31.9 Å². The highest BCUT2D eigenvalue weighted by Crippen LogP contribution is 2.46. The number of nitrogens with one attached hydrogen (secondary N) is 1. The second-order valence-corrected chi connectivity index (χ2v) is 8.57. The number of anilines is 3. The summed E-state index contributed by atoms with van der Waals surface area (Å²) in [6.07, 6.45) is -3.45. The average Bonchev–Trinajstić information content (AvgIpc) is 3.49. The molecule has 1 N–H and O–H groups in total. The van der Waals surface area contributed by atoms with E-state index in [9.17, 15) is 22.8 Å². The zero-order valence-corrected chi connectivity index (χ0v) is 19.6. The second kappa shape index (κ2) is 9.64. The summed E-state index contributed by atoms with van der Waals surface area (Å²) in [5.41, 5.74) is 1.60. The summed E-state index contributed by atoms with van der Waals surface area (Å²) in [5.74, 6) is -1.55. The van der Waals surface area contributed by atoms with Crippen LogP contribution in [0.25, 0.3) is 0 Å². The minimum absolute atomic E-state index is 0.00401. The van der Waals surface area contributed by atoms with Crippen molar-refractivity contribution in [2.75, 3.05) is 30.5 Å². The number of nitrogens with zero attached hydrogens (tertiary/aromatic N) is 2. The van der Waals surface area contributed by atoms with Gasteiger partial charge in [-0.1, -0.05) is 24.3 Å². The number of ether oxygens (including phenoxy) is 3. The highest BCUT2D eigenvalue weighted by Gasteiger charge is 2.48. The fourth-order valence-electron chi connectivity index (χ4n) is 4.56. The van der Waals surface area contributed by atoms with Crippen molar-refractivity contribution in [1.82, 2.24) is 4.98 Å². The molecule has 0 saturated heterocycles. The molecule has 1 amide bonds. The van der Waals surface area contributed by atoms with Gasteiger partial charge in [-0.2, -0.15) is 13.2 Å². The average molecular weight is 513 g/mol. The normalized spacial score (nSPS) is 17.7. The molecule has 0 radical (unpaired) electrons. The van der Waals surface area contributed by atoms with Gasteiger partial charge in [0.1, 0.15) is 23.9 Å². The van der Waals surface area contributed by atoms with E-state index in [0.717, 1.165) is 0 Å². The molecule has 0 spiro atoms. The lowest BCUT2D eigenvalue weighted by Gasteiger charge is -2.29. The van der Waals surface area contributed by atoms with Crippen molar-refractivity contribution < 1.29 is 37.0 Å². The molecule has 2 atom stereocenters. The van der Waals surface area contributed by atoms with E-state index in [1.54, 1.807) is 48.7 Å². The van der Waals surface area contributed by atoms with E-state index >= 15 is 0 Å². The number of aromatic nitrogens is 1. The molecule has 3 aromatic rings. The summed E-state index contributed by atoms with van der Waals surface area (Å²) in [6.45, 7) is 0.000000412. The van der Waals surface area contributed by atoms with Crippen LogP contribution in [0.15, 0.2) is 60.8 Å². The number of pyridine rings is 1. The third kappa shape index (κ3) is 4.76. The molecule has 37 heavy (non-hydrogen) atoms. The van der Waals surface area contributed by atoms with E-state index in [4.69, 9.17) is 14.2 Å². The number of alkyl halides is 3. The molecule has 0 fully saturated rings. The van der Waals surface area contributed by atoms with Crippen LogP contribution >= 0.6 is 0 Å². The number of amides is 1. The van der Waals surface area contributed by atoms with Crippen LogP contribution in [0.5, 0.6) is 11.5 Å². The van der Waals surface area contributed by atoms with Crippen molar-refractivity contribution in [1.29, 1.82) is 0 Å². The lowest BCUT2D eigenvalue weighted by molar-refractivity contribution is -0.171. The van der Waals surface area contributed by atoms with Crippen LogP contribution in [-0.4, -0.2) is 43.4 Å². The molecule has 1 aromatic heterocycles. The number of hydrogen-bond acceptors (Lipinski definition) is 7. The van der Waals surface area contributed by atoms with Gasteiger partial charge in [0.25, 0.3) is 0 Å². The van der Waals surface area contributed by atoms with Crippen LogP contribution in [-0.2, 0) is 14.3 Å². The Morgan fingerprint density at radius 3 is 2.65 bits per heavy atom. The highest BCUT2D eigenvalue weighted by molar-refractivity contribution is 5.98. The number of carbonyl (C=O) groups is 2. The number of halogens is 3. The molecule has 11 heteroatoms. The molecule has 8 nitrogen and oxygen atoms in total. The predicted molar refractivity (Wildman–Crippen MR) is 127 cm³/mol. The van der Waals surface area contributed by atoms with Crippen LogP contribution in [0.2, 0.25) is 0 Å². The minimum atomic E-state index is -5.13. The Labute approximate surface area is 210 Å². The highest BCUT2D eigenvalue weighted by atomic mass is 19.4. The van der Waals surface area contributed by atoms with Crippen molar-refractivity contribution in [3.63, 3.8) is 0 Å². The summed E-state index contributed by atoms with van der Waals surface area (Å²) in [7, 11) is 1.28. The fourth-order valence-corrected chi connectivity index (χ4v) is 4.56. The quantitative estimate of drug-likeness (QED) is 0.470. The molecule has 0 bridgehead atoms. The number of carbonyl (C=O) groups excluding carboxylic acids is 2. The van der Waals surface area contributed by atoms with Gasteiger partial charge in [0.2, 0.25) is 0 Å². The summed E-state index contributed by atoms with van der Waals surface area (Å²) in [6, 6.07) is 13.7. The molecule has 5 rings (SSSR count). The molecule has 2 aromatic carbocycles. The van der Waals surface area contributed by atoms with Gasteiger partial charge in [-0.05, 0) is 24.3 Å². The molecule has 2 aliphatic rings. The first-order valence-corrected chi connectivity index (χ1v) is 11.4. The maximum Gasteiger partial charge on any atom is 0.471 e. The summed E-state index contributed by atoms with van der Waals surface area (Å²) in [4.78, 5) is 29.3. The number of benzene rings is 2. The van der Waals surface area contributed by atoms with E-state index in [1.165, 1.54) is 19.2 Å². The van der Waals surface area contributed by atoms with Crippen molar-refractivity contribution in [2.24, 2.45) is 0 Å². The van der Waals surface area contributed by atoms with Gasteiger partial charge in [-0.15, -0.1) is 0 Å². The standard InChI is InChI=1S/C26H22F3N3O5/c1-35-23(33)11-15-13-36-21-12-16(8-9-17(15)21)32(25(34)26(27,28)29)20-14-37-24-18(20)5-4-6-19(24)31-22-7-2-3-10-30-22/h2-10,12,15,20H,11,13-14H2,1H3,(H,30,31)/t15-,20-/m1/s1. The summed E-state index contributed by atoms with van der Waals surface area (Å²) < 4.78 is 57.5. The Bertz CT molecular complexity index is 1330. The third-order valence-electron chi connectivity index (χ3n) is 6.29. The molecular weight excluding hydrogens is 491 g/mol. The summed E-state index contributed by atoms with van der Waals surface area (Å²) in [5, 5.41) is 3.10. The van der Waals surface area contributed by atoms with E-state index in [-0.39, 0.29) is 31.2 Å². The van der Waals surface area contributed by atoms with Crippen molar-refractivity contribution in [2.45, 2.75) is 24.6 Å². The lowest BCUT2D eigenvalue weighted by atomic mass is 9.97. The second-order valence-electron chi connectivity index (χ2n) is 8.57. The van der Waals surface area contributed by atoms with E-state index in [0.29, 0.717) is 39.0 Å². The van der Waals surface area contributed by atoms with Crippen molar-refractivity contribution >= 4 is 29.1 Å². The monoisotopic (exact) mass is 513 g/mol. The van der Waals surface area contributed by atoms with Crippen molar-refractivity contribution in [3.8, 4) is 11.5 Å². The third-order valence-corrected chi connectivity index (χ3v) is 6.29. The SMILES string of the molecule is COC(=O)C[C@@H]1COc2cc(N(C(=O)C(F)(F)F)[C@@H]3COc4c(Nc5ccccn5)cccc43)ccc21. The lowest BCUT2D eigenvalue weighted by Crippen LogP contribution is -2.44. The van der Waals surface area contributed by atoms with Crippen LogP contribution < -0.4 is 19.7 Å². The number of para-hydroxylation sites is 1. The first-order valence-electron chi connectivity index (χ1n) is 11.4. The topological polar surface area (TPSA) is 90.0 Å². The van der Waals surface area contributed by atoms with Gasteiger partial charge in [0.15, 0.2) is 0 Å². The van der Waals surface area contributed by atoms with Gasteiger partial charge < -0.3 is 19.5 Å². The number of methoxy groups -OCH3 is 1. The maximum atomic E-state index is 13.8. The van der Waals surface area contributed by atoms with Crippen molar-refractivity contribution in [3.05, 3.63) is 71.9 Å². The van der Waals surface area contributed by atoms with Gasteiger partial charge >= 0.3 is 18.1 Å². The maximum absolute atomic E-state index is 13.8. The van der Waals surface area contributed by atoms with Crippen LogP contribution in [0.4, 0.5) is 30.4 Å². The smallest absolute Gasteiger partial charge is 0.471 e. The van der Waals surface area contributed by atoms with Gasteiger partial charge in [-0.3, -0.25) is 14.5 Å². The molecule has 0 unspecified atom stereocenters. The van der Waals surface area contributed by atoms with Crippen LogP contribution in [0.1, 0.15) is 29.5 Å². The Morgan fingerprint density at radius 2 is 1.92 bits per heavy atom. The largest absolute Gasteiger partial charge is 0.493 e. The van der Waals surface area contributed by atoms with E-state index < -0.39 is 24.1 Å². The summed E-state index contributed by atoms with van der Waals surface area (Å²) >= 11 is 0. The van der Waals surface area contributed by atoms with Crippen LogP contribution in [0.3, 0.4) is 0 Å². The van der Waals surface area contributed by atoms with Crippen LogP contribution in [0, 0.1) is 0 Å². The molecular formula is C26H22F3N3O5. The Hall–Kier alpha value is -4.28. The predicted octanol–water partition coefficient (Wildman–Crippen LogP) is 4.89. The zero-order valence-electron chi connectivity index (χ0n) is 19.6. The fraction of sp³-hybridized carbons (Fsp3) is 0.269. The Balaban J connectivity index is 1.50. The number of fused-ring (bicyclic) bond motifs is 2. The van der Waals surface area contributed by atoms with Gasteiger partial charge in [-0.25, -0.2) is 4.98 Å². The first-order chi connectivity index (χ1) is 17.8. The molecule has 192 valence electrons. The van der Waals surface area contributed by atoms with E-state index in [2.05, 4.69) is 10.3 Å². The van der Waals surface area contributed by atoms with E-state index in [1.807, 2.05) is 0 Å². The number of rotatable bonds is 6. The molecule has 2 aliphatic heterocycles. The number of hydrogen-bond donors (Lipinski definition) is 1.